The van der Waals surface area contributed by atoms with Gasteiger partial charge in [0.1, 0.15) is 24.9 Å². The molecule has 22 nitrogen and oxygen atoms in total. The summed E-state index contributed by atoms with van der Waals surface area (Å²) in [7, 11) is 0.982. The molecule has 0 bridgehead atoms. The van der Waals surface area contributed by atoms with Gasteiger partial charge >= 0.3 is 47.8 Å². The van der Waals surface area contributed by atoms with Crippen molar-refractivity contribution in [2.45, 2.75) is 243 Å². The average molecular weight is 1270 g/mol. The van der Waals surface area contributed by atoms with E-state index in [0.717, 1.165) is 73.8 Å². The van der Waals surface area contributed by atoms with E-state index < -0.39 is 140 Å². The van der Waals surface area contributed by atoms with Crippen molar-refractivity contribution in [3.63, 3.8) is 0 Å². The van der Waals surface area contributed by atoms with Gasteiger partial charge in [0, 0.05) is 41.2 Å². The smallest absolute Gasteiger partial charge is 0.366 e. The van der Waals surface area contributed by atoms with Gasteiger partial charge in [0.25, 0.3) is 5.79 Å². The fourth-order valence-corrected chi connectivity index (χ4v) is 11.2. The summed E-state index contributed by atoms with van der Waals surface area (Å²) in [5.41, 5.74) is 0.201. The molecule has 11 atom stereocenters. The molecule has 1 N–H and O–H groups in total. The highest BCUT2D eigenvalue weighted by molar-refractivity contribution is 5.91. The van der Waals surface area contributed by atoms with Crippen LogP contribution in [0.5, 0.6) is 0 Å². The monoisotopic (exact) mass is 1270 g/mol. The van der Waals surface area contributed by atoms with Crippen molar-refractivity contribution in [1.29, 1.82) is 0 Å². The highest BCUT2D eigenvalue weighted by Gasteiger charge is 2.61. The third kappa shape index (κ3) is 25.7. The Hall–Kier alpha value is -7.27. The SMILES string of the molecule is CCCCCCCCCCCCCCCCCCCCCCO[C@@H]1O[C@H](CO[C@@]2(C(=O)OC)C[C@H](OC(C)=O)[C@@H](NC(C)=O)[C@H]([C@H](OC(C)=O)[C@@H](COC(C)=O)OC(C)=O)O2)[C@@H](OC(=O)c2ccccc2)[C@H](OC(=O)c2ccccc2)[C@H]1OC(=O)c1ccccc1. The van der Waals surface area contributed by atoms with Crippen LogP contribution in [0.1, 0.15) is 207 Å². The number of amides is 1. The Labute approximate surface area is 535 Å². The van der Waals surface area contributed by atoms with Crippen molar-refractivity contribution in [3.05, 3.63) is 108 Å². The van der Waals surface area contributed by atoms with E-state index >= 15 is 0 Å². The number of nitrogens with one attached hydrogen (secondary N) is 1. The summed E-state index contributed by atoms with van der Waals surface area (Å²) < 4.78 is 72.7. The third-order valence-corrected chi connectivity index (χ3v) is 15.6. The zero-order chi connectivity index (χ0) is 66.0. The summed E-state index contributed by atoms with van der Waals surface area (Å²) >= 11 is 0. The van der Waals surface area contributed by atoms with E-state index in [-0.39, 0.29) is 23.3 Å². The van der Waals surface area contributed by atoms with Gasteiger partial charge in [0.15, 0.2) is 36.8 Å². The third-order valence-electron chi connectivity index (χ3n) is 15.6. The minimum atomic E-state index is -2.79. The molecule has 2 aliphatic rings. The first-order valence-electron chi connectivity index (χ1n) is 32.2. The molecule has 0 aliphatic carbocycles. The van der Waals surface area contributed by atoms with Crippen molar-refractivity contribution in [2.75, 3.05) is 26.9 Å². The highest BCUT2D eigenvalue weighted by Crippen LogP contribution is 2.39. The number of carbonyl (C=O) groups excluding carboxylic acids is 9. The number of rotatable bonds is 40. The number of hydrogen-bond donors (Lipinski definition) is 1. The van der Waals surface area contributed by atoms with Crippen LogP contribution < -0.4 is 5.32 Å². The fourth-order valence-electron chi connectivity index (χ4n) is 11.2. The van der Waals surface area contributed by atoms with Crippen molar-refractivity contribution in [3.8, 4) is 0 Å². The first-order chi connectivity index (χ1) is 43.9. The zero-order valence-electron chi connectivity index (χ0n) is 54.0. The summed E-state index contributed by atoms with van der Waals surface area (Å²) in [6, 6.07) is 22.1. The van der Waals surface area contributed by atoms with Crippen molar-refractivity contribution >= 4 is 53.7 Å². The molecular formula is C69H95NO21. The Morgan fingerprint density at radius 2 is 0.967 bits per heavy atom. The molecule has 0 saturated carbocycles. The number of esters is 8. The van der Waals surface area contributed by atoms with Crippen LogP contribution in [0, 0.1) is 0 Å². The second-order valence-corrected chi connectivity index (χ2v) is 23.1. The van der Waals surface area contributed by atoms with Crippen molar-refractivity contribution in [1.82, 2.24) is 5.32 Å². The molecule has 0 unspecified atom stereocenters. The quantitative estimate of drug-likeness (QED) is 0.0315. The second-order valence-electron chi connectivity index (χ2n) is 23.1. The lowest BCUT2D eigenvalue weighted by atomic mass is 9.87. The van der Waals surface area contributed by atoms with Crippen LogP contribution in [0.25, 0.3) is 0 Å². The summed E-state index contributed by atoms with van der Waals surface area (Å²) in [4.78, 5) is 122. The van der Waals surface area contributed by atoms with E-state index in [0.29, 0.717) is 6.42 Å². The van der Waals surface area contributed by atoms with Crippen LogP contribution in [0.15, 0.2) is 91.0 Å². The van der Waals surface area contributed by atoms with E-state index in [1.54, 1.807) is 54.6 Å². The average Bonchev–Trinajstić information content (AvgIpc) is 0.919. The maximum absolute atomic E-state index is 14.6. The Kier molecular flexibility index (Phi) is 33.2. The number of benzene rings is 3. The Morgan fingerprint density at radius 1 is 0.527 bits per heavy atom. The van der Waals surface area contributed by atoms with Crippen LogP contribution in [0.2, 0.25) is 0 Å². The molecule has 3 aromatic rings. The molecule has 1 amide bonds. The summed E-state index contributed by atoms with van der Waals surface area (Å²) in [6.45, 7) is 5.88. The van der Waals surface area contributed by atoms with Crippen LogP contribution in [-0.4, -0.2) is 148 Å². The van der Waals surface area contributed by atoms with E-state index in [2.05, 4.69) is 12.2 Å². The predicted octanol–water partition coefficient (Wildman–Crippen LogP) is 10.8. The summed E-state index contributed by atoms with van der Waals surface area (Å²) in [5, 5.41) is 2.62. The molecule has 3 aromatic carbocycles. The van der Waals surface area contributed by atoms with Crippen LogP contribution >= 0.6 is 0 Å². The van der Waals surface area contributed by atoms with Gasteiger partial charge in [-0.3, -0.25) is 24.0 Å². The summed E-state index contributed by atoms with van der Waals surface area (Å²) in [5.74, 6) is -11.3. The first kappa shape index (κ1) is 74.5. The maximum atomic E-state index is 14.6. The minimum absolute atomic E-state index is 0.0320. The maximum Gasteiger partial charge on any atom is 0.366 e. The molecule has 502 valence electrons. The van der Waals surface area contributed by atoms with E-state index in [1.165, 1.54) is 126 Å². The lowest BCUT2D eigenvalue weighted by Crippen LogP contribution is -2.70. The lowest BCUT2D eigenvalue weighted by Gasteiger charge is -2.49. The molecule has 2 fully saturated rings. The highest BCUT2D eigenvalue weighted by atomic mass is 16.8. The van der Waals surface area contributed by atoms with Gasteiger partial charge in [-0.05, 0) is 42.8 Å². The zero-order valence-corrected chi connectivity index (χ0v) is 54.0. The Balaban J connectivity index is 1.48. The van der Waals surface area contributed by atoms with Gasteiger partial charge in [-0.15, -0.1) is 0 Å². The van der Waals surface area contributed by atoms with Crippen LogP contribution in [0.3, 0.4) is 0 Å². The molecule has 2 heterocycles. The first-order valence-corrected chi connectivity index (χ1v) is 32.2. The van der Waals surface area contributed by atoms with E-state index in [9.17, 15) is 43.2 Å². The molecule has 5 rings (SSSR count). The molecule has 2 saturated heterocycles. The minimum Gasteiger partial charge on any atom is -0.465 e. The van der Waals surface area contributed by atoms with Gasteiger partial charge in [-0.2, -0.15) is 0 Å². The molecule has 0 radical (unpaired) electrons. The molecule has 91 heavy (non-hydrogen) atoms. The molecule has 2 aliphatic heterocycles. The van der Waals surface area contributed by atoms with Crippen LogP contribution in [-0.2, 0) is 85.6 Å². The predicted molar refractivity (Wildman–Crippen MR) is 331 cm³/mol. The fraction of sp³-hybridized carbons (Fsp3) is 0.609. The van der Waals surface area contributed by atoms with Gasteiger partial charge < -0.3 is 62.2 Å². The number of hydrogen-bond acceptors (Lipinski definition) is 21. The lowest BCUT2D eigenvalue weighted by molar-refractivity contribution is -0.338. The second kappa shape index (κ2) is 40.6. The Morgan fingerprint density at radius 3 is 1.38 bits per heavy atom. The van der Waals surface area contributed by atoms with Gasteiger partial charge in [-0.25, -0.2) is 19.2 Å². The van der Waals surface area contributed by atoms with Crippen LogP contribution in [0.4, 0.5) is 0 Å². The topological polar surface area (TPSA) is 276 Å². The van der Waals surface area contributed by atoms with Crippen molar-refractivity contribution in [2.24, 2.45) is 0 Å². The molecule has 0 aromatic heterocycles. The number of methoxy groups -OCH3 is 1. The largest absolute Gasteiger partial charge is 0.465 e. The van der Waals surface area contributed by atoms with Gasteiger partial charge in [0.2, 0.25) is 5.91 Å². The van der Waals surface area contributed by atoms with E-state index in [4.69, 9.17) is 56.8 Å². The van der Waals surface area contributed by atoms with Crippen molar-refractivity contribution < 1.29 is 100.0 Å². The molecular weight excluding hydrogens is 1180 g/mol. The molecule has 0 spiro atoms. The van der Waals surface area contributed by atoms with Gasteiger partial charge in [0.05, 0.1) is 42.9 Å². The van der Waals surface area contributed by atoms with Gasteiger partial charge in [-0.1, -0.05) is 184 Å². The number of unbranched alkanes of at least 4 members (excludes halogenated alkanes) is 19. The molecule has 22 heteroatoms. The standard InChI is InChI=1S/C69H95NO21/c1-8-9-10-11-12-13-14-15-16-17-18-19-20-21-22-23-24-25-26-36-43-81-67-63(90-66(78)54-41-34-29-35-42-54)62(89-65(77)53-39-32-28-33-40-53)60(88-64(76)52-37-30-27-31-38-52)57(87-67)46-83-69(68(79)80-7)44-55(84-49(4)73)58(70-47(2)71)61(91-69)59(86-51(6)75)56(85-50(5)74)45-82-48(3)72/h27-35,37-42,55-63,67H,8-26,36,43-46H2,1-7H3,(H,70,71)/t55-,56+,57+,58+,59+,60+,61+,62-,63+,67+,69-/m0/s1. The Bertz CT molecular complexity index is 2710. The number of ether oxygens (including phenoxy) is 12. The summed E-state index contributed by atoms with van der Waals surface area (Å²) in [6.07, 6.45) is 7.28. The van der Waals surface area contributed by atoms with E-state index in [1.807, 2.05) is 0 Å². The number of carbonyl (C=O) groups is 9. The normalized spacial score (nSPS) is 21.8.